The van der Waals surface area contributed by atoms with Crippen molar-refractivity contribution in [2.75, 3.05) is 5.75 Å². The van der Waals surface area contributed by atoms with Gasteiger partial charge in [-0.25, -0.2) is 13.4 Å². The second kappa shape index (κ2) is 8.10. The van der Waals surface area contributed by atoms with Crippen LogP contribution in [0.5, 0.6) is 0 Å². The first kappa shape index (κ1) is 18.2. The molecule has 0 bridgehead atoms. The summed E-state index contributed by atoms with van der Waals surface area (Å²) >= 11 is 0. The number of sulfone groups is 1. The topological polar surface area (TPSA) is 81.1 Å². The summed E-state index contributed by atoms with van der Waals surface area (Å²) < 4.78 is 26.4. The summed E-state index contributed by atoms with van der Waals surface area (Å²) in [5, 5.41) is 2.89. The Kier molecular flexibility index (Phi) is 6.14. The highest BCUT2D eigenvalue weighted by Crippen LogP contribution is 2.13. The van der Waals surface area contributed by atoms with E-state index < -0.39 is 9.84 Å². The lowest BCUT2D eigenvalue weighted by atomic mass is 10.2. The Hall–Kier alpha value is -2.15. The summed E-state index contributed by atoms with van der Waals surface area (Å²) in [7, 11) is -3.44. The Bertz CT molecular complexity index is 753. The molecule has 0 aliphatic carbocycles. The highest BCUT2D eigenvalue weighted by Gasteiger charge is 2.18. The van der Waals surface area contributed by atoms with E-state index in [9.17, 15) is 13.2 Å². The Balaban J connectivity index is 1.88. The lowest BCUT2D eigenvalue weighted by Gasteiger charge is -2.17. The van der Waals surface area contributed by atoms with Gasteiger partial charge in [0.25, 0.3) is 0 Å². The molecular formula is C17H23N3O3S. The van der Waals surface area contributed by atoms with Crippen LogP contribution in [0, 0.1) is 6.92 Å². The molecule has 0 fully saturated rings. The molecule has 0 aliphatic heterocycles. The largest absolute Gasteiger partial charge is 0.352 e. The Morgan fingerprint density at radius 3 is 2.58 bits per heavy atom. The van der Waals surface area contributed by atoms with E-state index in [1.165, 1.54) is 0 Å². The number of nitrogens with one attached hydrogen (secondary N) is 1. The van der Waals surface area contributed by atoms with Crippen molar-refractivity contribution in [1.82, 2.24) is 14.9 Å². The molecule has 0 radical (unpaired) electrons. The number of hydrogen-bond acceptors (Lipinski definition) is 4. The van der Waals surface area contributed by atoms with E-state index in [2.05, 4.69) is 10.3 Å². The van der Waals surface area contributed by atoms with E-state index >= 15 is 0 Å². The maximum absolute atomic E-state index is 12.3. The SMILES string of the molecule is CC[C@@H](Cn1ccnc1)NC(=O)CCS(=O)(=O)c1ccc(C)cc1. The van der Waals surface area contributed by atoms with E-state index in [1.54, 1.807) is 36.8 Å². The smallest absolute Gasteiger partial charge is 0.221 e. The van der Waals surface area contributed by atoms with Gasteiger partial charge < -0.3 is 9.88 Å². The number of nitrogens with zero attached hydrogens (tertiary/aromatic N) is 2. The number of carbonyl (C=O) groups excluding carboxylic acids is 1. The van der Waals surface area contributed by atoms with Crippen molar-refractivity contribution in [1.29, 1.82) is 0 Å². The zero-order valence-electron chi connectivity index (χ0n) is 14.0. The van der Waals surface area contributed by atoms with Gasteiger partial charge in [-0.1, -0.05) is 24.6 Å². The van der Waals surface area contributed by atoms with Crippen LogP contribution in [0.2, 0.25) is 0 Å². The number of aromatic nitrogens is 2. The highest BCUT2D eigenvalue weighted by molar-refractivity contribution is 7.91. The Morgan fingerprint density at radius 1 is 1.29 bits per heavy atom. The first-order valence-corrected chi connectivity index (χ1v) is 9.60. The number of carbonyl (C=O) groups is 1. The third kappa shape index (κ3) is 5.19. The quantitative estimate of drug-likeness (QED) is 0.790. The summed E-state index contributed by atoms with van der Waals surface area (Å²) in [6, 6.07) is 6.62. The molecule has 0 unspecified atom stereocenters. The van der Waals surface area contributed by atoms with Crippen LogP contribution in [0.1, 0.15) is 25.3 Å². The van der Waals surface area contributed by atoms with Crippen LogP contribution in [-0.2, 0) is 21.2 Å². The molecule has 0 saturated carbocycles. The fraction of sp³-hybridized carbons (Fsp3) is 0.412. The predicted octanol–water partition coefficient (Wildman–Crippen LogP) is 1.95. The van der Waals surface area contributed by atoms with E-state index in [4.69, 9.17) is 0 Å². The standard InChI is InChI=1S/C17H23N3O3S/c1-3-15(12-20-10-9-18-13-20)19-17(21)8-11-24(22,23)16-6-4-14(2)5-7-16/h4-7,9-10,13,15H,3,8,11-12H2,1-2H3,(H,19,21)/t15-/m0/s1. The zero-order chi connectivity index (χ0) is 17.6. The molecule has 130 valence electrons. The first-order valence-electron chi connectivity index (χ1n) is 7.95. The van der Waals surface area contributed by atoms with Gasteiger partial charge in [0.1, 0.15) is 0 Å². The average Bonchev–Trinajstić information content (AvgIpc) is 3.06. The molecule has 2 rings (SSSR count). The van der Waals surface area contributed by atoms with Gasteiger partial charge in [0.05, 0.1) is 17.0 Å². The molecule has 1 atom stereocenters. The lowest BCUT2D eigenvalue weighted by Crippen LogP contribution is -2.38. The number of imidazole rings is 1. The molecule has 0 spiro atoms. The Morgan fingerprint density at radius 2 is 2.00 bits per heavy atom. The summed E-state index contributed by atoms with van der Waals surface area (Å²) in [6.07, 6.45) is 5.92. The molecule has 0 aliphatic rings. The molecule has 1 aromatic heterocycles. The summed E-state index contributed by atoms with van der Waals surface area (Å²) in [5.74, 6) is -0.443. The van der Waals surface area contributed by atoms with Crippen LogP contribution in [0.4, 0.5) is 0 Å². The lowest BCUT2D eigenvalue weighted by molar-refractivity contribution is -0.121. The van der Waals surface area contributed by atoms with Crippen LogP contribution in [0.15, 0.2) is 47.9 Å². The monoisotopic (exact) mass is 349 g/mol. The minimum Gasteiger partial charge on any atom is -0.352 e. The van der Waals surface area contributed by atoms with Gasteiger partial charge >= 0.3 is 0 Å². The van der Waals surface area contributed by atoms with Gasteiger partial charge in [-0.2, -0.15) is 0 Å². The van der Waals surface area contributed by atoms with Gasteiger partial charge in [-0.05, 0) is 25.5 Å². The molecule has 24 heavy (non-hydrogen) atoms. The van der Waals surface area contributed by atoms with Crippen molar-refractivity contribution in [2.24, 2.45) is 0 Å². The minimum absolute atomic E-state index is 0.0450. The minimum atomic E-state index is -3.44. The van der Waals surface area contributed by atoms with Crippen molar-refractivity contribution in [3.05, 3.63) is 48.5 Å². The van der Waals surface area contributed by atoms with Gasteiger partial charge in [0, 0.05) is 31.4 Å². The second-order valence-corrected chi connectivity index (χ2v) is 7.92. The van der Waals surface area contributed by atoms with Gasteiger partial charge in [0.2, 0.25) is 5.91 Å². The number of hydrogen-bond donors (Lipinski definition) is 1. The van der Waals surface area contributed by atoms with Crippen LogP contribution < -0.4 is 5.32 Å². The number of amides is 1. The number of benzene rings is 1. The summed E-state index contributed by atoms with van der Waals surface area (Å²) in [6.45, 7) is 4.49. The number of aryl methyl sites for hydroxylation is 1. The second-order valence-electron chi connectivity index (χ2n) is 5.81. The zero-order valence-corrected chi connectivity index (χ0v) is 14.8. The molecule has 2 aromatic rings. The van der Waals surface area contributed by atoms with Crippen LogP contribution in [-0.4, -0.2) is 35.7 Å². The van der Waals surface area contributed by atoms with Gasteiger partial charge in [-0.15, -0.1) is 0 Å². The maximum atomic E-state index is 12.3. The van der Waals surface area contributed by atoms with E-state index in [0.29, 0.717) is 6.54 Å². The molecule has 1 aromatic carbocycles. The van der Waals surface area contributed by atoms with E-state index in [1.807, 2.05) is 24.6 Å². The highest BCUT2D eigenvalue weighted by atomic mass is 32.2. The van der Waals surface area contributed by atoms with Crippen LogP contribution in [0.3, 0.4) is 0 Å². The van der Waals surface area contributed by atoms with Gasteiger partial charge in [0.15, 0.2) is 9.84 Å². The molecule has 1 heterocycles. The van der Waals surface area contributed by atoms with Crippen molar-refractivity contribution in [3.8, 4) is 0 Å². The fourth-order valence-corrected chi connectivity index (χ4v) is 3.56. The van der Waals surface area contributed by atoms with Gasteiger partial charge in [-0.3, -0.25) is 4.79 Å². The molecule has 7 heteroatoms. The van der Waals surface area contributed by atoms with Crippen molar-refractivity contribution in [3.63, 3.8) is 0 Å². The third-order valence-corrected chi connectivity index (χ3v) is 5.56. The third-order valence-electron chi connectivity index (χ3n) is 3.83. The number of rotatable bonds is 8. The van der Waals surface area contributed by atoms with E-state index in [0.717, 1.165) is 12.0 Å². The fourth-order valence-electron chi connectivity index (χ4n) is 2.32. The molecule has 0 saturated heterocycles. The van der Waals surface area contributed by atoms with Crippen molar-refractivity contribution in [2.45, 2.75) is 44.2 Å². The van der Waals surface area contributed by atoms with Crippen molar-refractivity contribution < 1.29 is 13.2 Å². The van der Waals surface area contributed by atoms with Crippen molar-refractivity contribution >= 4 is 15.7 Å². The Labute approximate surface area is 142 Å². The van der Waals surface area contributed by atoms with Crippen LogP contribution >= 0.6 is 0 Å². The van der Waals surface area contributed by atoms with Crippen LogP contribution in [0.25, 0.3) is 0 Å². The molecule has 6 nitrogen and oxygen atoms in total. The summed E-state index contributed by atoms with van der Waals surface area (Å²) in [4.78, 5) is 16.3. The normalized spacial score (nSPS) is 12.8. The van der Waals surface area contributed by atoms with E-state index in [-0.39, 0.29) is 29.0 Å². The molecule has 1 N–H and O–H groups in total. The molecular weight excluding hydrogens is 326 g/mol. The average molecular weight is 349 g/mol. The summed E-state index contributed by atoms with van der Waals surface area (Å²) in [5.41, 5.74) is 0.997. The predicted molar refractivity (Wildman–Crippen MR) is 92.3 cm³/mol. The molecule has 1 amide bonds. The first-order chi connectivity index (χ1) is 11.4. The maximum Gasteiger partial charge on any atom is 0.221 e.